The van der Waals surface area contributed by atoms with Crippen LogP contribution in [0.4, 0.5) is 15.8 Å². The second-order valence-electron chi connectivity index (χ2n) is 5.52. The van der Waals surface area contributed by atoms with Crippen molar-refractivity contribution in [3.8, 4) is 0 Å². The van der Waals surface area contributed by atoms with Crippen LogP contribution in [-0.4, -0.2) is 13.1 Å². The zero-order valence-electron chi connectivity index (χ0n) is 11.5. The maximum Gasteiger partial charge on any atom is 0.139 e. The summed E-state index contributed by atoms with van der Waals surface area (Å²) in [5.74, 6) is 0.754. The van der Waals surface area contributed by atoms with E-state index in [1.165, 1.54) is 6.07 Å². The third kappa shape index (κ3) is 4.16. The van der Waals surface area contributed by atoms with Gasteiger partial charge in [-0.15, -0.1) is 0 Å². The lowest BCUT2D eigenvalue weighted by Crippen LogP contribution is -2.32. The molecule has 102 valence electrons. The minimum absolute atomic E-state index is 0.315. The molecular formula is C14H22BrFN2. The molecule has 0 atom stereocenters. The lowest BCUT2D eigenvalue weighted by Gasteiger charge is -2.29. The van der Waals surface area contributed by atoms with Gasteiger partial charge in [0, 0.05) is 19.2 Å². The second-order valence-corrected chi connectivity index (χ2v) is 6.37. The van der Waals surface area contributed by atoms with E-state index in [0.717, 1.165) is 18.8 Å². The molecule has 0 aliphatic rings. The monoisotopic (exact) mass is 316 g/mol. The number of anilines is 2. The molecule has 1 rings (SSSR count). The predicted molar refractivity (Wildman–Crippen MR) is 80.4 cm³/mol. The fourth-order valence-electron chi connectivity index (χ4n) is 1.98. The summed E-state index contributed by atoms with van der Waals surface area (Å²) in [7, 11) is 0. The minimum Gasteiger partial charge on any atom is -0.397 e. The third-order valence-electron chi connectivity index (χ3n) is 2.58. The zero-order valence-corrected chi connectivity index (χ0v) is 13.1. The molecule has 18 heavy (non-hydrogen) atoms. The van der Waals surface area contributed by atoms with Gasteiger partial charge < -0.3 is 10.6 Å². The molecular weight excluding hydrogens is 295 g/mol. The van der Waals surface area contributed by atoms with Crippen LogP contribution in [0.3, 0.4) is 0 Å². The van der Waals surface area contributed by atoms with Crippen molar-refractivity contribution in [2.75, 3.05) is 23.7 Å². The van der Waals surface area contributed by atoms with Crippen LogP contribution in [0.1, 0.15) is 27.7 Å². The molecule has 0 aromatic heterocycles. The van der Waals surface area contributed by atoms with Crippen molar-refractivity contribution in [2.24, 2.45) is 11.8 Å². The number of hydrogen-bond donors (Lipinski definition) is 1. The smallest absolute Gasteiger partial charge is 0.139 e. The van der Waals surface area contributed by atoms with Gasteiger partial charge in [-0.05, 0) is 33.8 Å². The average Bonchev–Trinajstić information content (AvgIpc) is 2.21. The van der Waals surface area contributed by atoms with Gasteiger partial charge in [-0.3, -0.25) is 0 Å². The highest BCUT2D eigenvalue weighted by Gasteiger charge is 2.15. The number of nitrogens with zero attached hydrogens (tertiary/aromatic N) is 1. The Morgan fingerprint density at radius 3 is 2.11 bits per heavy atom. The standard InChI is InChI=1S/C14H22BrFN2/c1-9(2)7-18(8-10(3)4)14-5-11(15)12(16)6-13(14)17/h5-6,9-10H,7-8,17H2,1-4H3. The Bertz CT molecular complexity index is 395. The Morgan fingerprint density at radius 2 is 1.67 bits per heavy atom. The predicted octanol–water partition coefficient (Wildman–Crippen LogP) is 4.29. The van der Waals surface area contributed by atoms with Crippen molar-refractivity contribution in [1.29, 1.82) is 0 Å². The number of halogens is 2. The number of hydrogen-bond acceptors (Lipinski definition) is 2. The molecule has 0 amide bonds. The van der Waals surface area contributed by atoms with Gasteiger partial charge in [-0.1, -0.05) is 27.7 Å². The molecule has 0 unspecified atom stereocenters. The molecule has 0 fully saturated rings. The highest BCUT2D eigenvalue weighted by Crippen LogP contribution is 2.30. The first-order chi connectivity index (χ1) is 8.31. The van der Waals surface area contributed by atoms with E-state index < -0.39 is 0 Å². The topological polar surface area (TPSA) is 29.3 Å². The van der Waals surface area contributed by atoms with Gasteiger partial charge in [0.1, 0.15) is 5.82 Å². The molecule has 2 N–H and O–H groups in total. The Morgan fingerprint density at radius 1 is 1.17 bits per heavy atom. The lowest BCUT2D eigenvalue weighted by molar-refractivity contribution is 0.552. The molecule has 0 bridgehead atoms. The summed E-state index contributed by atoms with van der Waals surface area (Å²) in [4.78, 5) is 2.23. The number of benzene rings is 1. The molecule has 0 radical (unpaired) electrons. The molecule has 4 heteroatoms. The van der Waals surface area contributed by atoms with Crippen molar-refractivity contribution in [1.82, 2.24) is 0 Å². The fraction of sp³-hybridized carbons (Fsp3) is 0.571. The minimum atomic E-state index is -0.315. The summed E-state index contributed by atoms with van der Waals surface area (Å²) in [6.45, 7) is 10.5. The van der Waals surface area contributed by atoms with Gasteiger partial charge in [-0.2, -0.15) is 0 Å². The van der Waals surface area contributed by atoms with E-state index in [2.05, 4.69) is 48.5 Å². The van der Waals surface area contributed by atoms with Crippen LogP contribution in [0.2, 0.25) is 0 Å². The van der Waals surface area contributed by atoms with Gasteiger partial charge in [0.05, 0.1) is 15.8 Å². The van der Waals surface area contributed by atoms with Gasteiger partial charge in [0.15, 0.2) is 0 Å². The van der Waals surface area contributed by atoms with E-state index in [4.69, 9.17) is 5.73 Å². The molecule has 2 nitrogen and oxygen atoms in total. The van der Waals surface area contributed by atoms with E-state index in [1.807, 2.05) is 0 Å². The van der Waals surface area contributed by atoms with Crippen molar-refractivity contribution >= 4 is 27.3 Å². The average molecular weight is 317 g/mol. The zero-order chi connectivity index (χ0) is 13.9. The van der Waals surface area contributed by atoms with Crippen molar-refractivity contribution in [3.63, 3.8) is 0 Å². The molecule has 0 saturated carbocycles. The number of rotatable bonds is 5. The van der Waals surface area contributed by atoms with Crippen LogP contribution in [0, 0.1) is 17.7 Å². The maximum atomic E-state index is 13.4. The first kappa shape index (κ1) is 15.3. The largest absolute Gasteiger partial charge is 0.397 e. The number of nitrogens with two attached hydrogens (primary N) is 1. The van der Waals surface area contributed by atoms with Crippen molar-refractivity contribution in [2.45, 2.75) is 27.7 Å². The Labute approximate surface area is 117 Å². The molecule has 0 spiro atoms. The third-order valence-corrected chi connectivity index (χ3v) is 3.19. The van der Waals surface area contributed by atoms with Crippen molar-refractivity contribution < 1.29 is 4.39 Å². The quantitative estimate of drug-likeness (QED) is 0.821. The van der Waals surface area contributed by atoms with E-state index in [1.54, 1.807) is 6.07 Å². The molecule has 0 saturated heterocycles. The summed E-state index contributed by atoms with van der Waals surface area (Å²) in [5, 5.41) is 0. The van der Waals surface area contributed by atoms with Gasteiger partial charge >= 0.3 is 0 Å². The van der Waals surface area contributed by atoms with Gasteiger partial charge in [0.2, 0.25) is 0 Å². The van der Waals surface area contributed by atoms with Crippen LogP contribution in [0.15, 0.2) is 16.6 Å². The maximum absolute atomic E-state index is 13.4. The normalized spacial score (nSPS) is 11.3. The SMILES string of the molecule is CC(C)CN(CC(C)C)c1cc(Br)c(F)cc1N. The Hall–Kier alpha value is -0.770. The number of nitrogen functional groups attached to an aromatic ring is 1. The first-order valence-corrected chi connectivity index (χ1v) is 7.10. The van der Waals surface area contributed by atoms with Crippen molar-refractivity contribution in [3.05, 3.63) is 22.4 Å². The van der Waals surface area contributed by atoms with Crippen LogP contribution >= 0.6 is 15.9 Å². The Kier molecular flexibility index (Phi) is 5.45. The van der Waals surface area contributed by atoms with E-state index in [0.29, 0.717) is 22.0 Å². The highest BCUT2D eigenvalue weighted by molar-refractivity contribution is 9.10. The van der Waals surface area contributed by atoms with Crippen LogP contribution < -0.4 is 10.6 Å². The van der Waals surface area contributed by atoms with Gasteiger partial charge in [-0.25, -0.2) is 4.39 Å². The molecule has 0 aliphatic heterocycles. The molecule has 1 aromatic carbocycles. The summed E-state index contributed by atoms with van der Waals surface area (Å²) in [6, 6.07) is 3.16. The summed E-state index contributed by atoms with van der Waals surface area (Å²) < 4.78 is 13.9. The molecule has 0 heterocycles. The van der Waals surface area contributed by atoms with E-state index in [-0.39, 0.29) is 5.82 Å². The highest BCUT2D eigenvalue weighted by atomic mass is 79.9. The van der Waals surface area contributed by atoms with Gasteiger partial charge in [0.25, 0.3) is 0 Å². The molecule has 0 aliphatic carbocycles. The Balaban J connectivity index is 3.07. The summed E-state index contributed by atoms with van der Waals surface area (Å²) in [5.41, 5.74) is 7.35. The fourth-order valence-corrected chi connectivity index (χ4v) is 2.31. The van der Waals surface area contributed by atoms with Crippen LogP contribution in [0.5, 0.6) is 0 Å². The lowest BCUT2D eigenvalue weighted by atomic mass is 10.1. The summed E-state index contributed by atoms with van der Waals surface area (Å²) in [6.07, 6.45) is 0. The first-order valence-electron chi connectivity index (χ1n) is 6.30. The van der Waals surface area contributed by atoms with E-state index in [9.17, 15) is 4.39 Å². The van der Waals surface area contributed by atoms with Crippen LogP contribution in [0.25, 0.3) is 0 Å². The van der Waals surface area contributed by atoms with Crippen LogP contribution in [-0.2, 0) is 0 Å². The molecule has 1 aromatic rings. The second kappa shape index (κ2) is 6.41. The summed E-state index contributed by atoms with van der Waals surface area (Å²) >= 11 is 3.22. The van der Waals surface area contributed by atoms with E-state index >= 15 is 0 Å².